The van der Waals surface area contributed by atoms with Crippen molar-refractivity contribution in [1.29, 1.82) is 0 Å². The van der Waals surface area contributed by atoms with Crippen LogP contribution in [-0.4, -0.2) is 115 Å². The molecule has 19 nitrogen and oxygen atoms in total. The molecule has 77 heavy (non-hydrogen) atoms. The van der Waals surface area contributed by atoms with E-state index in [4.69, 9.17) is 16.3 Å². The highest BCUT2D eigenvalue weighted by Gasteiger charge is 2.51. The SMILES string of the molecule is CC[C@H](C)[C@H](NN)C(=O)C(c1ccccn1)N(C(=O)[C@@H](N)Cc1cn(S(=O)(=O)c2ccc(C)cc2)cn1)C(=O)[C@@](C)(C[C@H](O)[C@H](CC(C)C)C(=O)[C@H](Cc1ccccc1)NC(=O)[C@@H]1CCCN1C(=O)OC(C)(C)C)C(C)C. The first-order valence-electron chi connectivity index (χ1n) is 26.6. The van der Waals surface area contributed by atoms with Crippen molar-refractivity contribution < 1.29 is 47.0 Å². The smallest absolute Gasteiger partial charge is 0.410 e. The standard InChI is InChI=1S/C57H81N9O10S/c1-12-38(7)48(63-59)51(69)49(44-21-16-17-27-60-44)66(53(71)43(58)31-40-33-64(34-61-40)77(74,75)41-25-23-37(6)24-26-41)54(72)57(11,36(4)5)32-47(67)42(29-35(2)3)50(68)45(30-39-19-14-13-15-20-39)62-52(70)46-22-18-28-65(46)55(73)76-56(8,9)10/h13-17,19-21,23-27,33-36,38,42-43,45-49,63,67H,12,18,22,28-32,58-59H2,1-11H3,(H,62,70)/t38-,42-,43-,45-,46-,47-,48-,49?,57-/m0/s1. The van der Waals surface area contributed by atoms with Gasteiger partial charge >= 0.3 is 6.09 Å². The Morgan fingerprint density at radius 2 is 1.55 bits per heavy atom. The van der Waals surface area contributed by atoms with Crippen molar-refractivity contribution in [3.63, 3.8) is 0 Å². The maximum absolute atomic E-state index is 16.0. The van der Waals surface area contributed by atoms with E-state index in [9.17, 15) is 23.1 Å². The number of pyridine rings is 1. The lowest BCUT2D eigenvalue weighted by Gasteiger charge is -2.42. The highest BCUT2D eigenvalue weighted by molar-refractivity contribution is 7.90. The van der Waals surface area contributed by atoms with Crippen LogP contribution in [-0.2, 0) is 51.6 Å². The van der Waals surface area contributed by atoms with Crippen LogP contribution < -0.4 is 22.3 Å². The van der Waals surface area contributed by atoms with Gasteiger partial charge in [0.05, 0.1) is 45.9 Å². The summed E-state index contributed by atoms with van der Waals surface area (Å²) in [6.45, 7) is 19.7. The molecule has 0 radical (unpaired) electrons. The highest BCUT2D eigenvalue weighted by Crippen LogP contribution is 2.41. The van der Waals surface area contributed by atoms with E-state index < -0.39 is 117 Å². The van der Waals surface area contributed by atoms with Crippen LogP contribution in [0.1, 0.15) is 130 Å². The van der Waals surface area contributed by atoms with Crippen LogP contribution in [0.4, 0.5) is 4.79 Å². The summed E-state index contributed by atoms with van der Waals surface area (Å²) in [7, 11) is -4.10. The molecule has 0 aliphatic carbocycles. The first-order valence-corrected chi connectivity index (χ1v) is 28.0. The van der Waals surface area contributed by atoms with Crippen LogP contribution in [0, 0.1) is 36.0 Å². The number of aliphatic hydroxyl groups excluding tert-OH is 1. The van der Waals surface area contributed by atoms with E-state index in [0.717, 1.165) is 26.3 Å². The maximum Gasteiger partial charge on any atom is 0.410 e. The van der Waals surface area contributed by atoms with Crippen LogP contribution in [0.3, 0.4) is 0 Å². The van der Waals surface area contributed by atoms with Gasteiger partial charge in [-0.3, -0.25) is 44.6 Å². The van der Waals surface area contributed by atoms with Gasteiger partial charge in [0, 0.05) is 31.3 Å². The molecule has 1 aliphatic rings. The second-order valence-electron chi connectivity index (χ2n) is 22.5. The summed E-state index contributed by atoms with van der Waals surface area (Å²) in [5.41, 5.74) is 8.52. The zero-order valence-electron chi connectivity index (χ0n) is 46.5. The molecule has 3 heterocycles. The quantitative estimate of drug-likeness (QED) is 0.0376. The number of ketones is 2. The first-order chi connectivity index (χ1) is 36.1. The van der Waals surface area contributed by atoms with Gasteiger partial charge in [-0.2, -0.15) is 0 Å². The molecule has 20 heteroatoms. The van der Waals surface area contributed by atoms with Crippen molar-refractivity contribution in [2.75, 3.05) is 6.54 Å². The number of imidazole rings is 1. The van der Waals surface area contributed by atoms with E-state index in [0.29, 0.717) is 19.3 Å². The number of nitrogens with two attached hydrogens (primary N) is 2. The predicted molar refractivity (Wildman–Crippen MR) is 292 cm³/mol. The number of nitrogens with one attached hydrogen (secondary N) is 2. The van der Waals surface area contributed by atoms with Gasteiger partial charge in [-0.1, -0.05) is 109 Å². The normalized spacial score (nSPS) is 17.6. The molecular formula is C57H81N9O10S. The molecule has 7 N–H and O–H groups in total. The number of hydrogen-bond donors (Lipinski definition) is 5. The molecule has 9 atom stereocenters. The number of imide groups is 1. The minimum atomic E-state index is -4.10. The Balaban J connectivity index is 1.58. The fourth-order valence-corrected chi connectivity index (χ4v) is 10.8. The summed E-state index contributed by atoms with van der Waals surface area (Å²) >= 11 is 0. The lowest BCUT2D eigenvalue weighted by atomic mass is 9.69. The minimum Gasteiger partial charge on any atom is -0.444 e. The Bertz CT molecular complexity index is 2770. The van der Waals surface area contributed by atoms with E-state index in [1.807, 2.05) is 45.9 Å². The van der Waals surface area contributed by atoms with Crippen molar-refractivity contribution in [2.24, 2.45) is 40.7 Å². The van der Waals surface area contributed by atoms with Gasteiger partial charge in [-0.15, -0.1) is 0 Å². The molecule has 1 unspecified atom stereocenters. The molecule has 1 saturated heterocycles. The molecule has 4 aromatic rings. The first kappa shape index (κ1) is 61.7. The minimum absolute atomic E-state index is 0.00459. The van der Waals surface area contributed by atoms with Crippen molar-refractivity contribution in [3.8, 4) is 0 Å². The molecule has 4 amide bonds. The number of nitrogens with zero attached hydrogens (tertiary/aromatic N) is 5. The van der Waals surface area contributed by atoms with E-state index >= 15 is 19.2 Å². The topological polar surface area (TPSA) is 279 Å². The van der Waals surface area contributed by atoms with Crippen molar-refractivity contribution in [2.45, 2.75) is 168 Å². The fraction of sp³-hybridized carbons (Fsp3) is 0.544. The molecule has 0 saturated carbocycles. The molecule has 2 aromatic carbocycles. The van der Waals surface area contributed by atoms with Gasteiger partial charge in [0.25, 0.3) is 10.0 Å². The summed E-state index contributed by atoms with van der Waals surface area (Å²) in [6, 6.07) is 13.5. The Morgan fingerprint density at radius 3 is 2.12 bits per heavy atom. The van der Waals surface area contributed by atoms with Crippen molar-refractivity contribution in [3.05, 3.63) is 114 Å². The maximum atomic E-state index is 16.0. The van der Waals surface area contributed by atoms with Gasteiger partial charge in [-0.25, -0.2) is 27.6 Å². The molecule has 0 bridgehead atoms. The number of benzene rings is 2. The predicted octanol–water partition coefficient (Wildman–Crippen LogP) is 6.01. The highest BCUT2D eigenvalue weighted by atomic mass is 32.2. The summed E-state index contributed by atoms with van der Waals surface area (Å²) in [5.74, 6) is -0.0244. The van der Waals surface area contributed by atoms with E-state index in [-0.39, 0.29) is 48.0 Å². The second kappa shape index (κ2) is 26.4. The third-order valence-electron chi connectivity index (χ3n) is 14.7. The number of amides is 4. The monoisotopic (exact) mass is 1080 g/mol. The number of ether oxygens (including phenoxy) is 1. The number of aromatic nitrogens is 3. The Hall–Kier alpha value is -6.19. The molecule has 420 valence electrons. The van der Waals surface area contributed by atoms with Crippen LogP contribution in [0.25, 0.3) is 0 Å². The van der Waals surface area contributed by atoms with E-state index in [2.05, 4.69) is 20.7 Å². The molecule has 2 aromatic heterocycles. The van der Waals surface area contributed by atoms with Crippen molar-refractivity contribution in [1.82, 2.24) is 34.5 Å². The third-order valence-corrected chi connectivity index (χ3v) is 16.3. The summed E-state index contributed by atoms with van der Waals surface area (Å²) < 4.78 is 33.8. The summed E-state index contributed by atoms with van der Waals surface area (Å²) in [4.78, 5) is 100. The van der Waals surface area contributed by atoms with Crippen LogP contribution in [0.15, 0.2) is 96.4 Å². The second-order valence-corrected chi connectivity index (χ2v) is 24.3. The zero-order valence-corrected chi connectivity index (χ0v) is 47.3. The van der Waals surface area contributed by atoms with E-state index in [1.54, 1.807) is 84.9 Å². The number of aryl methyl sites for hydroxylation is 1. The molecule has 1 fully saturated rings. The zero-order chi connectivity index (χ0) is 57.2. The van der Waals surface area contributed by atoms with Gasteiger partial charge in [0.15, 0.2) is 11.6 Å². The average Bonchev–Trinajstić information content (AvgIpc) is 4.08. The van der Waals surface area contributed by atoms with Gasteiger partial charge in [0.1, 0.15) is 24.0 Å². The fourth-order valence-electron chi connectivity index (χ4n) is 9.69. The largest absolute Gasteiger partial charge is 0.444 e. The summed E-state index contributed by atoms with van der Waals surface area (Å²) in [5, 5.41) is 15.6. The van der Waals surface area contributed by atoms with Gasteiger partial charge < -0.3 is 20.9 Å². The molecule has 1 aliphatic heterocycles. The Kier molecular flexibility index (Phi) is 21.2. The molecule has 0 spiro atoms. The number of hydrazine groups is 1. The number of carbonyl (C=O) groups excluding carboxylic acids is 6. The molecular weight excluding hydrogens is 1000 g/mol. The summed E-state index contributed by atoms with van der Waals surface area (Å²) in [6.07, 6.45) is 2.26. The van der Waals surface area contributed by atoms with Crippen LogP contribution in [0.2, 0.25) is 0 Å². The number of aliphatic hydroxyl groups is 1. The van der Waals surface area contributed by atoms with Gasteiger partial charge in [-0.05, 0) is 107 Å². The van der Waals surface area contributed by atoms with Crippen LogP contribution in [0.5, 0.6) is 0 Å². The third kappa shape index (κ3) is 15.3. The van der Waals surface area contributed by atoms with E-state index in [1.165, 1.54) is 35.5 Å². The number of likely N-dealkylation sites (tertiary alicyclic amines) is 1. The Labute approximate surface area is 454 Å². The molecule has 5 rings (SSSR count). The number of hydrogen-bond acceptors (Lipinski definition) is 15. The van der Waals surface area contributed by atoms with Gasteiger partial charge in [0.2, 0.25) is 17.7 Å². The number of carbonyl (C=O) groups is 6. The number of Topliss-reactive ketones (excluding diaryl/α,β-unsaturated/α-hetero) is 2. The average molecular weight is 1080 g/mol. The lowest BCUT2D eigenvalue weighted by Crippen LogP contribution is -2.59. The van der Waals surface area contributed by atoms with Crippen molar-refractivity contribution >= 4 is 45.4 Å². The lowest BCUT2D eigenvalue weighted by molar-refractivity contribution is -0.163. The van der Waals surface area contributed by atoms with Crippen LogP contribution >= 0.6 is 0 Å². The Morgan fingerprint density at radius 1 is 0.896 bits per heavy atom. The number of rotatable bonds is 25.